The molecule has 3 heteroatoms. The summed E-state index contributed by atoms with van der Waals surface area (Å²) in [6.45, 7) is 0. The highest BCUT2D eigenvalue weighted by molar-refractivity contribution is 6.25. The van der Waals surface area contributed by atoms with Gasteiger partial charge in [0, 0.05) is 41.8 Å². The monoisotopic (exact) mass is 212 g/mol. The number of hydrogen-bond acceptors (Lipinski definition) is 2. The number of hydrogen-bond donors (Lipinski definition) is 1. The molecule has 1 N–H and O–H groups in total. The molecule has 3 nitrogen and oxygen atoms in total. The summed E-state index contributed by atoms with van der Waals surface area (Å²) in [7, 11) is 4.02. The number of anilines is 2. The highest BCUT2D eigenvalue weighted by atomic mass is 16.1. The van der Waals surface area contributed by atoms with Crippen LogP contribution in [-0.2, 0) is 0 Å². The summed E-state index contributed by atoms with van der Waals surface area (Å²) in [6.07, 6.45) is 0. The Balaban J connectivity index is 2.46. The van der Waals surface area contributed by atoms with Gasteiger partial charge in [-0.2, -0.15) is 0 Å². The van der Waals surface area contributed by atoms with E-state index in [0.717, 1.165) is 27.7 Å². The quantitative estimate of drug-likeness (QED) is 0.787. The zero-order valence-corrected chi connectivity index (χ0v) is 9.24. The maximum Gasteiger partial charge on any atom is 0.256 e. The Labute approximate surface area is 93.7 Å². The second kappa shape index (κ2) is 2.98. The molecule has 1 aliphatic rings. The van der Waals surface area contributed by atoms with Crippen LogP contribution in [-0.4, -0.2) is 20.0 Å². The lowest BCUT2D eigenvalue weighted by atomic mass is 10.0. The van der Waals surface area contributed by atoms with Gasteiger partial charge in [0.25, 0.3) is 5.91 Å². The number of amides is 1. The fourth-order valence-corrected chi connectivity index (χ4v) is 2.26. The minimum Gasteiger partial charge on any atom is -0.377 e. The van der Waals surface area contributed by atoms with Crippen molar-refractivity contribution in [3.05, 3.63) is 35.9 Å². The van der Waals surface area contributed by atoms with Crippen molar-refractivity contribution in [2.45, 2.75) is 0 Å². The second-order valence-corrected chi connectivity index (χ2v) is 4.21. The first-order valence-electron chi connectivity index (χ1n) is 5.23. The van der Waals surface area contributed by atoms with E-state index in [4.69, 9.17) is 0 Å². The fraction of sp³-hybridized carbons (Fsp3) is 0.154. The summed E-state index contributed by atoms with van der Waals surface area (Å²) in [4.78, 5) is 13.8. The summed E-state index contributed by atoms with van der Waals surface area (Å²) >= 11 is 0. The van der Waals surface area contributed by atoms with Gasteiger partial charge in [-0.1, -0.05) is 12.1 Å². The van der Waals surface area contributed by atoms with E-state index in [1.54, 1.807) is 0 Å². The van der Waals surface area contributed by atoms with Crippen molar-refractivity contribution in [3.8, 4) is 0 Å². The van der Waals surface area contributed by atoms with Crippen molar-refractivity contribution >= 4 is 28.1 Å². The Morgan fingerprint density at radius 1 is 1.12 bits per heavy atom. The molecule has 1 amide bonds. The Morgan fingerprint density at radius 3 is 2.69 bits per heavy atom. The van der Waals surface area contributed by atoms with Crippen molar-refractivity contribution in [1.29, 1.82) is 0 Å². The van der Waals surface area contributed by atoms with Gasteiger partial charge in [-0.05, 0) is 18.2 Å². The van der Waals surface area contributed by atoms with Crippen molar-refractivity contribution in [1.82, 2.24) is 0 Å². The maximum atomic E-state index is 11.7. The summed E-state index contributed by atoms with van der Waals surface area (Å²) < 4.78 is 0. The highest BCUT2D eigenvalue weighted by Gasteiger charge is 2.22. The van der Waals surface area contributed by atoms with Gasteiger partial charge < -0.3 is 10.2 Å². The average Bonchev–Trinajstić information content (AvgIpc) is 2.58. The number of carbonyl (C=O) groups excluding carboxylic acids is 1. The van der Waals surface area contributed by atoms with Crippen LogP contribution in [0.2, 0.25) is 0 Å². The molecule has 3 rings (SSSR count). The van der Waals surface area contributed by atoms with Crippen LogP contribution in [0.4, 0.5) is 11.4 Å². The van der Waals surface area contributed by atoms with Gasteiger partial charge in [0.2, 0.25) is 0 Å². The molecule has 1 heterocycles. The van der Waals surface area contributed by atoms with Gasteiger partial charge in [-0.15, -0.1) is 0 Å². The predicted octanol–water partition coefficient (Wildman–Crippen LogP) is 2.47. The van der Waals surface area contributed by atoms with Crippen molar-refractivity contribution in [2.75, 3.05) is 24.3 Å². The van der Waals surface area contributed by atoms with Crippen molar-refractivity contribution < 1.29 is 4.79 Å². The molecule has 0 unspecified atom stereocenters. The molecule has 16 heavy (non-hydrogen) atoms. The molecule has 0 bridgehead atoms. The zero-order chi connectivity index (χ0) is 11.3. The molecule has 0 aliphatic carbocycles. The molecular weight excluding hydrogens is 200 g/mol. The lowest BCUT2D eigenvalue weighted by Gasteiger charge is -2.15. The van der Waals surface area contributed by atoms with Gasteiger partial charge in [0.15, 0.2) is 0 Å². The third kappa shape index (κ3) is 1.05. The summed E-state index contributed by atoms with van der Waals surface area (Å²) in [5.74, 6) is -0.00324. The summed E-state index contributed by atoms with van der Waals surface area (Å²) in [5.41, 5.74) is 2.83. The first-order chi connectivity index (χ1) is 7.68. The van der Waals surface area contributed by atoms with Crippen LogP contribution in [0.25, 0.3) is 10.8 Å². The Hall–Kier alpha value is -2.03. The number of carbonyl (C=O) groups is 1. The van der Waals surface area contributed by atoms with Gasteiger partial charge in [-0.25, -0.2) is 0 Å². The van der Waals surface area contributed by atoms with E-state index in [9.17, 15) is 4.79 Å². The zero-order valence-electron chi connectivity index (χ0n) is 9.24. The molecule has 0 spiro atoms. The molecule has 80 valence electrons. The molecule has 2 aromatic carbocycles. The first-order valence-corrected chi connectivity index (χ1v) is 5.23. The van der Waals surface area contributed by atoms with Gasteiger partial charge >= 0.3 is 0 Å². The predicted molar refractivity (Wildman–Crippen MR) is 66.2 cm³/mol. The molecule has 0 saturated carbocycles. The minimum atomic E-state index is -0.00324. The third-order valence-corrected chi connectivity index (χ3v) is 2.99. The highest BCUT2D eigenvalue weighted by Crippen LogP contribution is 2.37. The SMILES string of the molecule is CN(C)c1ccc2c3c(cccc13)NC2=O. The van der Waals surface area contributed by atoms with Crippen LogP contribution in [0.15, 0.2) is 30.3 Å². The van der Waals surface area contributed by atoms with E-state index >= 15 is 0 Å². The molecule has 1 aliphatic heterocycles. The summed E-state index contributed by atoms with van der Waals surface area (Å²) in [5, 5.41) is 5.04. The van der Waals surface area contributed by atoms with E-state index < -0.39 is 0 Å². The van der Waals surface area contributed by atoms with Crippen LogP contribution in [0, 0.1) is 0 Å². The van der Waals surface area contributed by atoms with Crippen LogP contribution in [0.5, 0.6) is 0 Å². The molecule has 0 aromatic heterocycles. The Kier molecular flexibility index (Phi) is 1.72. The van der Waals surface area contributed by atoms with Gasteiger partial charge in [0.05, 0.1) is 0 Å². The molecule has 2 aromatic rings. The van der Waals surface area contributed by atoms with Crippen molar-refractivity contribution in [2.24, 2.45) is 0 Å². The van der Waals surface area contributed by atoms with Crippen molar-refractivity contribution in [3.63, 3.8) is 0 Å². The van der Waals surface area contributed by atoms with Crippen LogP contribution < -0.4 is 10.2 Å². The van der Waals surface area contributed by atoms with Gasteiger partial charge in [-0.3, -0.25) is 4.79 Å². The lowest BCUT2D eigenvalue weighted by Crippen LogP contribution is -2.09. The average molecular weight is 212 g/mol. The van der Waals surface area contributed by atoms with E-state index in [1.807, 2.05) is 38.4 Å². The smallest absolute Gasteiger partial charge is 0.256 e. The largest absolute Gasteiger partial charge is 0.377 e. The van der Waals surface area contributed by atoms with E-state index in [1.165, 1.54) is 0 Å². The molecule has 0 fully saturated rings. The summed E-state index contributed by atoms with van der Waals surface area (Å²) in [6, 6.07) is 9.85. The van der Waals surface area contributed by atoms with E-state index in [0.29, 0.717) is 0 Å². The molecule has 0 radical (unpaired) electrons. The Bertz CT molecular complexity index is 602. The minimum absolute atomic E-state index is 0.00324. The molecular formula is C13H12N2O. The lowest BCUT2D eigenvalue weighted by molar-refractivity contribution is 0.103. The number of rotatable bonds is 1. The topological polar surface area (TPSA) is 32.3 Å². The maximum absolute atomic E-state index is 11.7. The second-order valence-electron chi connectivity index (χ2n) is 4.21. The Morgan fingerprint density at radius 2 is 1.94 bits per heavy atom. The van der Waals surface area contributed by atoms with E-state index in [-0.39, 0.29) is 5.91 Å². The van der Waals surface area contributed by atoms with Crippen LogP contribution in [0.3, 0.4) is 0 Å². The first kappa shape index (κ1) is 9.21. The van der Waals surface area contributed by atoms with Gasteiger partial charge in [0.1, 0.15) is 0 Å². The van der Waals surface area contributed by atoms with Crippen LogP contribution >= 0.6 is 0 Å². The molecule has 0 atom stereocenters. The third-order valence-electron chi connectivity index (χ3n) is 2.99. The number of nitrogens with zero attached hydrogens (tertiary/aromatic N) is 1. The van der Waals surface area contributed by atoms with E-state index in [2.05, 4.69) is 16.3 Å². The number of benzene rings is 2. The fourth-order valence-electron chi connectivity index (χ4n) is 2.26. The normalized spacial score (nSPS) is 13.0. The standard InChI is InChI=1S/C13H12N2O/c1-15(2)11-7-6-9-12-8(11)4-3-5-10(12)14-13(9)16/h3-7H,1-2H3,(H,14,16). The molecule has 0 saturated heterocycles. The number of nitrogens with one attached hydrogen (secondary N) is 1. The van der Waals surface area contributed by atoms with Crippen LogP contribution in [0.1, 0.15) is 10.4 Å².